The number of nitrogens with zero attached hydrogens (tertiary/aromatic N) is 1. The highest BCUT2D eigenvalue weighted by Gasteiger charge is 2.60. The summed E-state index contributed by atoms with van der Waals surface area (Å²) in [6, 6.07) is 2.11. The van der Waals surface area contributed by atoms with E-state index in [-0.39, 0.29) is 23.2 Å². The van der Waals surface area contributed by atoms with E-state index in [0.29, 0.717) is 6.54 Å². The van der Waals surface area contributed by atoms with Gasteiger partial charge in [0, 0.05) is 6.61 Å². The van der Waals surface area contributed by atoms with Gasteiger partial charge in [0.15, 0.2) is 0 Å². The standard InChI is InChI=1S/C15H20N2O2S/c1-14(4-2-7-19-14)10-17-12(11-3-8-20-9-11)16-15(5-6-15)13(17)18/h3,8-9,12,16H,2,4-7,10H2,1H3. The molecule has 0 radical (unpaired) electrons. The second-order valence-corrected chi connectivity index (χ2v) is 7.30. The Labute approximate surface area is 123 Å². The molecule has 3 fully saturated rings. The molecule has 4 rings (SSSR count). The normalized spacial score (nSPS) is 35.1. The molecule has 4 nitrogen and oxygen atoms in total. The number of thiophene rings is 1. The van der Waals surface area contributed by atoms with Crippen LogP contribution < -0.4 is 5.32 Å². The summed E-state index contributed by atoms with van der Waals surface area (Å²) in [5.74, 6) is 0.269. The van der Waals surface area contributed by atoms with Crippen molar-refractivity contribution in [2.45, 2.75) is 49.9 Å². The molecular weight excluding hydrogens is 272 g/mol. The lowest BCUT2D eigenvalue weighted by Gasteiger charge is -2.32. The Morgan fingerprint density at radius 2 is 2.35 bits per heavy atom. The third-order valence-corrected chi connectivity index (χ3v) is 5.51. The number of carbonyl (C=O) groups is 1. The summed E-state index contributed by atoms with van der Waals surface area (Å²) in [7, 11) is 0. The zero-order valence-electron chi connectivity index (χ0n) is 11.7. The third kappa shape index (κ3) is 1.91. The van der Waals surface area contributed by atoms with E-state index in [0.717, 1.165) is 32.3 Å². The Morgan fingerprint density at radius 3 is 2.95 bits per heavy atom. The molecule has 1 N–H and O–H groups in total. The molecule has 0 aromatic carbocycles. The van der Waals surface area contributed by atoms with Crippen LogP contribution in [0.5, 0.6) is 0 Å². The molecule has 1 saturated carbocycles. The quantitative estimate of drug-likeness (QED) is 0.929. The summed E-state index contributed by atoms with van der Waals surface area (Å²) in [6.45, 7) is 3.65. The number of carbonyl (C=O) groups excluding carboxylic acids is 1. The molecule has 2 atom stereocenters. The van der Waals surface area contributed by atoms with E-state index in [1.54, 1.807) is 11.3 Å². The molecule has 0 bridgehead atoms. The second-order valence-electron chi connectivity index (χ2n) is 6.52. The first kappa shape index (κ1) is 12.8. The van der Waals surface area contributed by atoms with Gasteiger partial charge in [0.05, 0.1) is 12.1 Å². The molecule has 20 heavy (non-hydrogen) atoms. The number of ether oxygens (including phenoxy) is 1. The molecule has 3 aliphatic rings. The Kier molecular flexibility index (Phi) is 2.75. The van der Waals surface area contributed by atoms with Gasteiger partial charge < -0.3 is 9.64 Å². The van der Waals surface area contributed by atoms with Crippen molar-refractivity contribution in [3.05, 3.63) is 22.4 Å². The van der Waals surface area contributed by atoms with Gasteiger partial charge in [-0.3, -0.25) is 10.1 Å². The number of hydrogen-bond donors (Lipinski definition) is 1. The van der Waals surface area contributed by atoms with Crippen LogP contribution in [0.2, 0.25) is 0 Å². The SMILES string of the molecule is CC1(CN2C(=O)C3(CC3)NC2c2ccsc2)CCCO1. The van der Waals surface area contributed by atoms with Crippen LogP contribution in [0.4, 0.5) is 0 Å². The van der Waals surface area contributed by atoms with E-state index in [9.17, 15) is 4.79 Å². The molecule has 3 heterocycles. The van der Waals surface area contributed by atoms with Crippen LogP contribution in [-0.2, 0) is 9.53 Å². The fourth-order valence-corrected chi connectivity index (χ4v) is 4.13. The van der Waals surface area contributed by atoms with Crippen molar-refractivity contribution in [3.63, 3.8) is 0 Å². The summed E-state index contributed by atoms with van der Waals surface area (Å²) >= 11 is 1.68. The van der Waals surface area contributed by atoms with Crippen molar-refractivity contribution >= 4 is 17.2 Å². The molecule has 2 saturated heterocycles. The summed E-state index contributed by atoms with van der Waals surface area (Å²) in [5.41, 5.74) is 0.766. The smallest absolute Gasteiger partial charge is 0.244 e. The van der Waals surface area contributed by atoms with Crippen molar-refractivity contribution < 1.29 is 9.53 Å². The molecule has 108 valence electrons. The molecule has 1 aromatic heterocycles. The van der Waals surface area contributed by atoms with Crippen LogP contribution in [0, 0.1) is 0 Å². The van der Waals surface area contributed by atoms with Gasteiger partial charge in [-0.15, -0.1) is 0 Å². The van der Waals surface area contributed by atoms with Gasteiger partial charge >= 0.3 is 0 Å². The first-order valence-corrected chi connectivity index (χ1v) is 8.31. The van der Waals surface area contributed by atoms with E-state index in [4.69, 9.17) is 4.74 Å². The summed E-state index contributed by atoms with van der Waals surface area (Å²) in [4.78, 5) is 14.8. The molecule has 5 heteroatoms. The first-order valence-electron chi connectivity index (χ1n) is 7.37. The molecule has 1 aliphatic carbocycles. The van der Waals surface area contributed by atoms with Gasteiger partial charge in [-0.1, -0.05) is 0 Å². The van der Waals surface area contributed by atoms with Crippen molar-refractivity contribution in [2.24, 2.45) is 0 Å². The summed E-state index contributed by atoms with van der Waals surface area (Å²) < 4.78 is 5.89. The minimum atomic E-state index is -0.262. The van der Waals surface area contributed by atoms with E-state index >= 15 is 0 Å². The maximum absolute atomic E-state index is 12.7. The number of nitrogens with one attached hydrogen (secondary N) is 1. The summed E-state index contributed by atoms with van der Waals surface area (Å²) in [5, 5.41) is 7.77. The fourth-order valence-electron chi connectivity index (χ4n) is 3.46. The predicted octanol–water partition coefficient (Wildman–Crippen LogP) is 2.28. The van der Waals surface area contributed by atoms with Crippen molar-refractivity contribution in [1.82, 2.24) is 10.2 Å². The second kappa shape index (κ2) is 4.29. The number of hydrogen-bond acceptors (Lipinski definition) is 4. The van der Waals surface area contributed by atoms with E-state index < -0.39 is 0 Å². The van der Waals surface area contributed by atoms with Crippen LogP contribution in [0.3, 0.4) is 0 Å². The van der Waals surface area contributed by atoms with Gasteiger partial charge in [0.25, 0.3) is 0 Å². The van der Waals surface area contributed by atoms with Crippen molar-refractivity contribution in [3.8, 4) is 0 Å². The number of rotatable bonds is 3. The highest BCUT2D eigenvalue weighted by atomic mass is 32.1. The minimum absolute atomic E-state index is 0.0253. The molecule has 1 spiro atoms. The third-order valence-electron chi connectivity index (χ3n) is 4.81. The monoisotopic (exact) mass is 292 g/mol. The van der Waals surface area contributed by atoms with Crippen LogP contribution >= 0.6 is 11.3 Å². The maximum atomic E-state index is 12.7. The van der Waals surface area contributed by atoms with Crippen LogP contribution in [0.1, 0.15) is 44.3 Å². The van der Waals surface area contributed by atoms with Crippen molar-refractivity contribution in [2.75, 3.05) is 13.2 Å². The Hall–Kier alpha value is -0.910. The van der Waals surface area contributed by atoms with Crippen LogP contribution in [0.25, 0.3) is 0 Å². The lowest BCUT2D eigenvalue weighted by Crippen LogP contribution is -2.43. The van der Waals surface area contributed by atoms with E-state index in [1.165, 1.54) is 5.56 Å². The average Bonchev–Trinajstić information content (AvgIpc) is 2.82. The van der Waals surface area contributed by atoms with Gasteiger partial charge in [0.1, 0.15) is 11.7 Å². The Morgan fingerprint density at radius 1 is 1.50 bits per heavy atom. The lowest BCUT2D eigenvalue weighted by atomic mass is 10.0. The fraction of sp³-hybridized carbons (Fsp3) is 0.667. The van der Waals surface area contributed by atoms with Gasteiger partial charge in [0.2, 0.25) is 5.91 Å². The molecule has 1 aromatic rings. The molecular formula is C15H20N2O2S. The van der Waals surface area contributed by atoms with Crippen molar-refractivity contribution in [1.29, 1.82) is 0 Å². The molecule has 1 amide bonds. The highest BCUT2D eigenvalue weighted by molar-refractivity contribution is 7.07. The number of amides is 1. The summed E-state index contributed by atoms with van der Waals surface area (Å²) in [6.07, 6.45) is 4.11. The molecule has 2 unspecified atom stereocenters. The lowest BCUT2D eigenvalue weighted by molar-refractivity contribution is -0.134. The molecule has 2 aliphatic heterocycles. The zero-order valence-corrected chi connectivity index (χ0v) is 12.5. The van der Waals surface area contributed by atoms with Crippen LogP contribution in [0.15, 0.2) is 16.8 Å². The van der Waals surface area contributed by atoms with E-state index in [2.05, 4.69) is 29.1 Å². The van der Waals surface area contributed by atoms with Gasteiger partial charge in [-0.2, -0.15) is 11.3 Å². The van der Waals surface area contributed by atoms with Gasteiger partial charge in [-0.05, 0) is 55.0 Å². The van der Waals surface area contributed by atoms with Crippen LogP contribution in [-0.4, -0.2) is 35.1 Å². The average molecular weight is 292 g/mol. The zero-order chi connectivity index (χ0) is 13.8. The maximum Gasteiger partial charge on any atom is 0.244 e. The van der Waals surface area contributed by atoms with E-state index in [1.807, 2.05) is 4.90 Å². The van der Waals surface area contributed by atoms with Gasteiger partial charge in [-0.25, -0.2) is 0 Å². The first-order chi connectivity index (χ1) is 9.62. The Bertz CT molecular complexity index is 518. The predicted molar refractivity (Wildman–Crippen MR) is 77.5 cm³/mol. The highest BCUT2D eigenvalue weighted by Crippen LogP contribution is 2.47. The Balaban J connectivity index is 1.62. The minimum Gasteiger partial charge on any atom is -0.373 e. The largest absolute Gasteiger partial charge is 0.373 e. The topological polar surface area (TPSA) is 41.6 Å².